The Kier molecular flexibility index (Phi) is 2.19. The van der Waals surface area contributed by atoms with Gasteiger partial charge in [-0.3, -0.25) is 4.79 Å². The fourth-order valence-electron chi connectivity index (χ4n) is 1.38. The third-order valence-corrected chi connectivity index (χ3v) is 2.28. The Labute approximate surface area is 80.9 Å². The van der Waals surface area contributed by atoms with Crippen LogP contribution in [-0.2, 0) is 0 Å². The number of halogens is 1. The number of methoxy groups -OCH3 is 1. The van der Waals surface area contributed by atoms with E-state index < -0.39 is 5.95 Å². The van der Waals surface area contributed by atoms with E-state index in [4.69, 9.17) is 4.74 Å². The Morgan fingerprint density at radius 1 is 1.64 bits per heavy atom. The number of hydrogen-bond acceptors (Lipinski definition) is 3. The van der Waals surface area contributed by atoms with Crippen molar-refractivity contribution in [1.29, 1.82) is 0 Å². The number of ketones is 1. The summed E-state index contributed by atoms with van der Waals surface area (Å²) in [5.74, 6) is -0.739. The lowest BCUT2D eigenvalue weighted by Crippen LogP contribution is -2.06. The van der Waals surface area contributed by atoms with Crippen molar-refractivity contribution in [1.82, 2.24) is 4.98 Å². The van der Waals surface area contributed by atoms with Crippen LogP contribution in [0.15, 0.2) is 12.3 Å². The molecule has 1 saturated carbocycles. The summed E-state index contributed by atoms with van der Waals surface area (Å²) >= 11 is 0. The fourth-order valence-corrected chi connectivity index (χ4v) is 1.38. The second-order valence-corrected chi connectivity index (χ2v) is 3.32. The van der Waals surface area contributed by atoms with Crippen LogP contribution in [0, 0.1) is 11.9 Å². The minimum atomic E-state index is -0.723. The highest BCUT2D eigenvalue weighted by molar-refractivity contribution is 6.01. The third kappa shape index (κ3) is 1.47. The summed E-state index contributed by atoms with van der Waals surface area (Å²) in [7, 11) is 1.34. The first-order valence-corrected chi connectivity index (χ1v) is 4.46. The molecule has 1 aromatic heterocycles. The Hall–Kier alpha value is -1.45. The summed E-state index contributed by atoms with van der Waals surface area (Å²) in [4.78, 5) is 15.1. The normalized spacial score (nSPS) is 15.3. The van der Waals surface area contributed by atoms with Gasteiger partial charge >= 0.3 is 0 Å². The molecule has 1 aliphatic carbocycles. The molecule has 0 aromatic carbocycles. The molecule has 74 valence electrons. The molecule has 2 rings (SSSR count). The molecule has 3 nitrogen and oxygen atoms in total. The molecule has 0 radical (unpaired) electrons. The molecule has 0 amide bonds. The number of carbonyl (C=O) groups excluding carboxylic acids is 1. The highest BCUT2D eigenvalue weighted by atomic mass is 19.1. The lowest BCUT2D eigenvalue weighted by Gasteiger charge is -2.06. The molecule has 1 heterocycles. The van der Waals surface area contributed by atoms with E-state index in [2.05, 4.69) is 4.98 Å². The van der Waals surface area contributed by atoms with Crippen LogP contribution >= 0.6 is 0 Å². The number of aromatic nitrogens is 1. The lowest BCUT2D eigenvalue weighted by atomic mass is 10.1. The smallest absolute Gasteiger partial charge is 0.255 e. The first-order valence-electron chi connectivity index (χ1n) is 4.46. The van der Waals surface area contributed by atoms with Crippen LogP contribution in [0.2, 0.25) is 0 Å². The molecule has 0 bridgehead atoms. The number of rotatable bonds is 3. The molecule has 14 heavy (non-hydrogen) atoms. The van der Waals surface area contributed by atoms with Crippen LogP contribution in [0.25, 0.3) is 0 Å². The number of Topliss-reactive ketones (excluding diaryl/α,β-unsaturated/α-hetero) is 1. The average Bonchev–Trinajstić information content (AvgIpc) is 2.99. The average molecular weight is 195 g/mol. The molecule has 0 atom stereocenters. The van der Waals surface area contributed by atoms with Gasteiger partial charge in [0.2, 0.25) is 0 Å². The van der Waals surface area contributed by atoms with Gasteiger partial charge in [-0.25, -0.2) is 4.98 Å². The van der Waals surface area contributed by atoms with Crippen molar-refractivity contribution in [3.63, 3.8) is 0 Å². The minimum absolute atomic E-state index is 0.0376. The summed E-state index contributed by atoms with van der Waals surface area (Å²) in [6.07, 6.45) is 3.07. The van der Waals surface area contributed by atoms with E-state index >= 15 is 0 Å². The number of ether oxygens (including phenoxy) is 1. The molecule has 0 aliphatic heterocycles. The van der Waals surface area contributed by atoms with Gasteiger partial charge in [0, 0.05) is 12.1 Å². The van der Waals surface area contributed by atoms with Gasteiger partial charge < -0.3 is 4.74 Å². The SMILES string of the molecule is COc1c(C(=O)C2CC2)ccnc1F. The van der Waals surface area contributed by atoms with Crippen LogP contribution in [0.5, 0.6) is 5.75 Å². The molecular weight excluding hydrogens is 185 g/mol. The second kappa shape index (κ2) is 3.36. The lowest BCUT2D eigenvalue weighted by molar-refractivity contribution is 0.0963. The second-order valence-electron chi connectivity index (χ2n) is 3.32. The van der Waals surface area contributed by atoms with E-state index in [1.165, 1.54) is 19.4 Å². The standard InChI is InChI=1S/C10H10FNO2/c1-14-9-7(4-5-12-10(9)11)8(13)6-2-3-6/h4-6H,2-3H2,1H3. The molecule has 1 fully saturated rings. The molecular formula is C10H10FNO2. The maximum atomic E-state index is 13.1. The van der Waals surface area contributed by atoms with Crippen molar-refractivity contribution < 1.29 is 13.9 Å². The predicted octanol–water partition coefficient (Wildman–Crippen LogP) is 1.82. The number of carbonyl (C=O) groups is 1. The molecule has 0 unspecified atom stereocenters. The Balaban J connectivity index is 2.40. The first kappa shape index (κ1) is 9.12. The maximum absolute atomic E-state index is 13.1. The summed E-state index contributed by atoms with van der Waals surface area (Å²) in [5, 5.41) is 0. The topological polar surface area (TPSA) is 39.2 Å². The van der Waals surface area contributed by atoms with Gasteiger partial charge in [0.15, 0.2) is 11.5 Å². The first-order chi connectivity index (χ1) is 6.74. The van der Waals surface area contributed by atoms with Crippen molar-refractivity contribution in [2.24, 2.45) is 5.92 Å². The molecule has 0 N–H and O–H groups in total. The Bertz CT molecular complexity index is 374. The highest BCUT2D eigenvalue weighted by Gasteiger charge is 2.32. The molecule has 4 heteroatoms. The molecule has 1 aromatic rings. The summed E-state index contributed by atoms with van der Waals surface area (Å²) in [6.45, 7) is 0. The van der Waals surface area contributed by atoms with E-state index in [1.807, 2.05) is 0 Å². The van der Waals surface area contributed by atoms with E-state index in [0.29, 0.717) is 5.56 Å². The molecule has 1 aliphatic rings. The van der Waals surface area contributed by atoms with Crippen molar-refractivity contribution in [2.45, 2.75) is 12.8 Å². The van der Waals surface area contributed by atoms with Crippen molar-refractivity contribution >= 4 is 5.78 Å². The Morgan fingerprint density at radius 3 is 2.93 bits per heavy atom. The van der Waals surface area contributed by atoms with E-state index in [9.17, 15) is 9.18 Å². The zero-order chi connectivity index (χ0) is 10.1. The minimum Gasteiger partial charge on any atom is -0.491 e. The number of hydrogen-bond donors (Lipinski definition) is 0. The predicted molar refractivity (Wildman–Crippen MR) is 47.8 cm³/mol. The van der Waals surface area contributed by atoms with E-state index in [-0.39, 0.29) is 17.5 Å². The van der Waals surface area contributed by atoms with Crippen LogP contribution in [-0.4, -0.2) is 17.9 Å². The van der Waals surface area contributed by atoms with Gasteiger partial charge in [-0.15, -0.1) is 0 Å². The third-order valence-electron chi connectivity index (χ3n) is 2.28. The number of pyridine rings is 1. The van der Waals surface area contributed by atoms with E-state index in [0.717, 1.165) is 12.8 Å². The van der Waals surface area contributed by atoms with Crippen LogP contribution in [0.1, 0.15) is 23.2 Å². The van der Waals surface area contributed by atoms with Crippen LogP contribution < -0.4 is 4.74 Å². The summed E-state index contributed by atoms with van der Waals surface area (Å²) in [5.41, 5.74) is 0.308. The van der Waals surface area contributed by atoms with Crippen molar-refractivity contribution in [3.05, 3.63) is 23.8 Å². The van der Waals surface area contributed by atoms with Gasteiger partial charge in [0.1, 0.15) is 0 Å². The monoisotopic (exact) mass is 195 g/mol. The fraction of sp³-hybridized carbons (Fsp3) is 0.400. The van der Waals surface area contributed by atoms with Gasteiger partial charge in [0.05, 0.1) is 12.7 Å². The van der Waals surface area contributed by atoms with Crippen molar-refractivity contribution in [2.75, 3.05) is 7.11 Å². The highest BCUT2D eigenvalue weighted by Crippen LogP contribution is 2.35. The zero-order valence-electron chi connectivity index (χ0n) is 7.79. The Morgan fingerprint density at radius 2 is 2.36 bits per heavy atom. The summed E-state index contributed by atoms with van der Waals surface area (Å²) < 4.78 is 17.9. The zero-order valence-corrected chi connectivity index (χ0v) is 7.79. The summed E-state index contributed by atoms with van der Waals surface area (Å²) in [6, 6.07) is 1.50. The largest absolute Gasteiger partial charge is 0.491 e. The molecule has 0 saturated heterocycles. The van der Waals surface area contributed by atoms with Gasteiger partial charge in [0.25, 0.3) is 5.95 Å². The van der Waals surface area contributed by atoms with Crippen LogP contribution in [0.4, 0.5) is 4.39 Å². The maximum Gasteiger partial charge on any atom is 0.255 e. The van der Waals surface area contributed by atoms with Gasteiger partial charge in [-0.2, -0.15) is 4.39 Å². The number of nitrogens with zero attached hydrogens (tertiary/aromatic N) is 1. The van der Waals surface area contributed by atoms with Crippen molar-refractivity contribution in [3.8, 4) is 5.75 Å². The van der Waals surface area contributed by atoms with Gasteiger partial charge in [-0.05, 0) is 18.9 Å². The van der Waals surface area contributed by atoms with Gasteiger partial charge in [-0.1, -0.05) is 0 Å². The quantitative estimate of drug-likeness (QED) is 0.545. The molecule has 0 spiro atoms. The van der Waals surface area contributed by atoms with Crippen LogP contribution in [0.3, 0.4) is 0 Å². The van der Waals surface area contributed by atoms with E-state index in [1.54, 1.807) is 0 Å².